The number of nitrogens with zero attached hydrogens (tertiary/aromatic N) is 5. The molecule has 0 spiro atoms. The maximum atomic E-state index is 13.1. The third-order valence-electron chi connectivity index (χ3n) is 6.53. The van der Waals surface area contributed by atoms with Gasteiger partial charge in [-0.2, -0.15) is 0 Å². The minimum atomic E-state index is -0.0301. The van der Waals surface area contributed by atoms with Crippen molar-refractivity contribution in [3.05, 3.63) is 18.2 Å². The van der Waals surface area contributed by atoms with E-state index >= 15 is 0 Å². The van der Waals surface area contributed by atoms with Gasteiger partial charge in [0, 0.05) is 58.4 Å². The van der Waals surface area contributed by atoms with E-state index in [0.717, 1.165) is 71.5 Å². The first kappa shape index (κ1) is 20.3. The van der Waals surface area contributed by atoms with Crippen molar-refractivity contribution in [1.82, 2.24) is 24.3 Å². The van der Waals surface area contributed by atoms with Gasteiger partial charge in [-0.15, -0.1) is 0 Å². The Morgan fingerprint density at radius 3 is 2.66 bits per heavy atom. The number of hydrogen-bond acceptors (Lipinski definition) is 5. The number of hydrogen-bond donors (Lipinski definition) is 0. The predicted molar refractivity (Wildman–Crippen MR) is 108 cm³/mol. The Kier molecular flexibility index (Phi) is 6.50. The highest BCUT2D eigenvalue weighted by atomic mass is 16.5. The summed E-state index contributed by atoms with van der Waals surface area (Å²) in [7, 11) is 1.87. The molecule has 2 amide bonds. The molecule has 8 nitrogen and oxygen atoms in total. The average molecular weight is 404 g/mol. The molecule has 29 heavy (non-hydrogen) atoms. The average Bonchev–Trinajstić information content (AvgIpc) is 3.33. The smallest absolute Gasteiger partial charge is 0.274 e. The molecule has 0 bridgehead atoms. The van der Waals surface area contributed by atoms with Gasteiger partial charge in [-0.3, -0.25) is 14.5 Å². The van der Waals surface area contributed by atoms with Crippen LogP contribution in [0.4, 0.5) is 0 Å². The summed E-state index contributed by atoms with van der Waals surface area (Å²) in [6.45, 7) is 6.65. The Balaban J connectivity index is 1.35. The zero-order valence-electron chi connectivity index (χ0n) is 17.5. The Morgan fingerprint density at radius 2 is 2.00 bits per heavy atom. The molecular weight excluding hydrogens is 370 g/mol. The van der Waals surface area contributed by atoms with E-state index in [4.69, 9.17) is 4.74 Å². The van der Waals surface area contributed by atoms with Crippen molar-refractivity contribution in [1.29, 1.82) is 0 Å². The van der Waals surface area contributed by atoms with Gasteiger partial charge < -0.3 is 19.1 Å². The Morgan fingerprint density at radius 1 is 1.21 bits per heavy atom. The first-order valence-electron chi connectivity index (χ1n) is 11.0. The maximum Gasteiger partial charge on any atom is 0.274 e. The van der Waals surface area contributed by atoms with Gasteiger partial charge in [0.25, 0.3) is 5.91 Å². The molecule has 3 fully saturated rings. The Labute approximate surface area is 172 Å². The lowest BCUT2D eigenvalue weighted by atomic mass is 9.84. The van der Waals surface area contributed by atoms with Crippen molar-refractivity contribution in [3.8, 4) is 0 Å². The van der Waals surface area contributed by atoms with Crippen molar-refractivity contribution >= 4 is 11.8 Å². The number of ether oxygens (including phenoxy) is 1. The number of rotatable bonds is 7. The van der Waals surface area contributed by atoms with E-state index in [1.807, 2.05) is 11.9 Å². The standard InChI is InChI=1S/C21H33N5O3/c1-23-15-19(22-16-23)21(28)25-9-6-18(14-25)26(20(27)17-4-2-5-17)8-3-7-24-10-12-29-13-11-24/h15-18H,2-14H2,1H3. The fourth-order valence-electron chi connectivity index (χ4n) is 4.52. The van der Waals surface area contributed by atoms with Crippen LogP contribution in [0.15, 0.2) is 12.5 Å². The first-order valence-corrected chi connectivity index (χ1v) is 11.0. The molecule has 1 unspecified atom stereocenters. The summed E-state index contributed by atoms with van der Waals surface area (Å²) in [4.78, 5) is 36.4. The van der Waals surface area contributed by atoms with Gasteiger partial charge in [-0.1, -0.05) is 6.42 Å². The van der Waals surface area contributed by atoms with Crippen LogP contribution in [-0.2, 0) is 16.6 Å². The summed E-state index contributed by atoms with van der Waals surface area (Å²) in [5.41, 5.74) is 0.484. The van der Waals surface area contributed by atoms with E-state index in [2.05, 4.69) is 14.8 Å². The van der Waals surface area contributed by atoms with Gasteiger partial charge >= 0.3 is 0 Å². The van der Waals surface area contributed by atoms with Crippen LogP contribution in [0.2, 0.25) is 0 Å². The second-order valence-electron chi connectivity index (χ2n) is 8.59. The van der Waals surface area contributed by atoms with Crippen LogP contribution in [0.3, 0.4) is 0 Å². The van der Waals surface area contributed by atoms with Crippen LogP contribution in [0.5, 0.6) is 0 Å². The normalized spacial score (nSPS) is 23.2. The molecule has 1 saturated carbocycles. The quantitative estimate of drug-likeness (QED) is 0.679. The third-order valence-corrected chi connectivity index (χ3v) is 6.53. The number of carbonyl (C=O) groups is 2. The SMILES string of the molecule is Cn1cnc(C(=O)N2CCC(N(CCCN3CCOCC3)C(=O)C3CCC3)C2)c1. The molecule has 0 aromatic carbocycles. The number of morpholine rings is 1. The highest BCUT2D eigenvalue weighted by Crippen LogP contribution is 2.30. The molecule has 3 heterocycles. The molecular formula is C21H33N5O3. The van der Waals surface area contributed by atoms with E-state index in [1.54, 1.807) is 17.1 Å². The summed E-state index contributed by atoms with van der Waals surface area (Å²) in [5, 5.41) is 0. The summed E-state index contributed by atoms with van der Waals surface area (Å²) >= 11 is 0. The van der Waals surface area contributed by atoms with E-state index in [-0.39, 0.29) is 17.9 Å². The van der Waals surface area contributed by atoms with Gasteiger partial charge in [0.05, 0.1) is 25.6 Å². The van der Waals surface area contributed by atoms with Crippen LogP contribution in [0.25, 0.3) is 0 Å². The topological polar surface area (TPSA) is 70.9 Å². The monoisotopic (exact) mass is 403 g/mol. The van der Waals surface area contributed by atoms with Gasteiger partial charge in [-0.25, -0.2) is 4.98 Å². The minimum Gasteiger partial charge on any atom is -0.379 e. The van der Waals surface area contributed by atoms with Gasteiger partial charge in [0.2, 0.25) is 5.91 Å². The molecule has 0 radical (unpaired) electrons. The fourth-order valence-corrected chi connectivity index (χ4v) is 4.52. The highest BCUT2D eigenvalue weighted by molar-refractivity contribution is 5.92. The number of carbonyl (C=O) groups excluding carboxylic acids is 2. The number of amides is 2. The molecule has 0 N–H and O–H groups in total. The van der Waals surface area contributed by atoms with Crippen LogP contribution >= 0.6 is 0 Å². The van der Waals surface area contributed by atoms with Crippen LogP contribution in [-0.4, -0.2) is 94.6 Å². The summed E-state index contributed by atoms with van der Waals surface area (Å²) in [6.07, 6.45) is 8.43. The lowest BCUT2D eigenvalue weighted by Gasteiger charge is -2.36. The molecule has 1 aromatic rings. The van der Waals surface area contributed by atoms with Crippen molar-refractivity contribution in [2.24, 2.45) is 13.0 Å². The van der Waals surface area contributed by atoms with Gasteiger partial charge in [-0.05, 0) is 25.7 Å². The number of likely N-dealkylation sites (tertiary alicyclic amines) is 1. The number of imidazole rings is 1. The summed E-state index contributed by atoms with van der Waals surface area (Å²) in [6, 6.07) is 0.125. The maximum absolute atomic E-state index is 13.1. The second kappa shape index (κ2) is 9.26. The molecule has 1 aliphatic carbocycles. The molecule has 8 heteroatoms. The van der Waals surface area contributed by atoms with Crippen LogP contribution in [0, 0.1) is 5.92 Å². The van der Waals surface area contributed by atoms with Crippen molar-refractivity contribution in [2.75, 3.05) is 52.5 Å². The number of aryl methyl sites for hydroxylation is 1. The molecule has 4 rings (SSSR count). The minimum absolute atomic E-state index is 0.0301. The van der Waals surface area contributed by atoms with Crippen molar-refractivity contribution < 1.29 is 14.3 Å². The van der Waals surface area contributed by atoms with E-state index in [0.29, 0.717) is 24.7 Å². The lowest BCUT2D eigenvalue weighted by Crippen LogP contribution is -2.48. The van der Waals surface area contributed by atoms with Crippen LogP contribution in [0.1, 0.15) is 42.6 Å². The van der Waals surface area contributed by atoms with Crippen molar-refractivity contribution in [2.45, 2.75) is 38.1 Å². The van der Waals surface area contributed by atoms with E-state index < -0.39 is 0 Å². The molecule has 160 valence electrons. The predicted octanol–water partition coefficient (Wildman–Crippen LogP) is 0.986. The second-order valence-corrected chi connectivity index (χ2v) is 8.59. The highest BCUT2D eigenvalue weighted by Gasteiger charge is 2.37. The largest absolute Gasteiger partial charge is 0.379 e. The first-order chi connectivity index (χ1) is 14.1. The summed E-state index contributed by atoms with van der Waals surface area (Å²) < 4.78 is 7.21. The Hall–Kier alpha value is -1.93. The third kappa shape index (κ3) is 4.80. The van der Waals surface area contributed by atoms with Gasteiger partial charge in [0.15, 0.2) is 0 Å². The zero-order chi connectivity index (χ0) is 20.2. The van der Waals surface area contributed by atoms with Gasteiger partial charge in [0.1, 0.15) is 5.69 Å². The number of aromatic nitrogens is 2. The molecule has 2 aliphatic heterocycles. The Bertz CT molecular complexity index is 711. The van der Waals surface area contributed by atoms with E-state index in [9.17, 15) is 9.59 Å². The molecule has 2 saturated heterocycles. The molecule has 1 atom stereocenters. The summed E-state index contributed by atoms with van der Waals surface area (Å²) in [5.74, 6) is 0.465. The fraction of sp³-hybridized carbons (Fsp3) is 0.762. The molecule has 1 aromatic heterocycles. The van der Waals surface area contributed by atoms with Crippen LogP contribution < -0.4 is 0 Å². The van der Waals surface area contributed by atoms with E-state index in [1.165, 1.54) is 0 Å². The van der Waals surface area contributed by atoms with Crippen molar-refractivity contribution in [3.63, 3.8) is 0 Å². The lowest BCUT2D eigenvalue weighted by molar-refractivity contribution is -0.140. The molecule has 3 aliphatic rings. The zero-order valence-corrected chi connectivity index (χ0v) is 17.5.